The van der Waals surface area contributed by atoms with Crippen molar-refractivity contribution in [2.24, 2.45) is 17.3 Å². The van der Waals surface area contributed by atoms with Crippen LogP contribution in [-0.2, 0) is 16.1 Å². The Morgan fingerprint density at radius 3 is 2.57 bits per heavy atom. The Balaban J connectivity index is 2.07. The fourth-order valence-electron chi connectivity index (χ4n) is 2.60. The summed E-state index contributed by atoms with van der Waals surface area (Å²) < 4.78 is 57.4. The molecule has 2 rings (SSSR count). The maximum absolute atomic E-state index is 13.5. The molecule has 0 bridgehead atoms. The number of carbonyl (C=O) groups excluding carboxylic acids is 1. The zero-order valence-corrected chi connectivity index (χ0v) is 12.4. The van der Waals surface area contributed by atoms with Gasteiger partial charge < -0.3 is 4.74 Å². The van der Waals surface area contributed by atoms with Crippen molar-refractivity contribution in [1.82, 2.24) is 0 Å². The van der Waals surface area contributed by atoms with E-state index in [-0.39, 0.29) is 5.92 Å². The van der Waals surface area contributed by atoms with Crippen LogP contribution in [0.4, 0.5) is 17.6 Å². The minimum atomic E-state index is -1.95. The lowest BCUT2D eigenvalue weighted by molar-refractivity contribution is -0.147. The lowest BCUT2D eigenvalue weighted by Crippen LogP contribution is -2.12. The first-order chi connectivity index (χ1) is 10.7. The van der Waals surface area contributed by atoms with Gasteiger partial charge in [-0.15, -0.1) is 0 Å². The van der Waals surface area contributed by atoms with E-state index in [0.29, 0.717) is 6.07 Å². The van der Waals surface area contributed by atoms with Gasteiger partial charge in [0.05, 0.1) is 12.0 Å². The maximum atomic E-state index is 13.5. The van der Waals surface area contributed by atoms with Crippen LogP contribution < -0.4 is 0 Å². The highest BCUT2D eigenvalue weighted by Crippen LogP contribution is 2.59. The summed E-state index contributed by atoms with van der Waals surface area (Å²) >= 11 is 0. The summed E-state index contributed by atoms with van der Waals surface area (Å²) in [4.78, 5) is 12.0. The SMILES string of the molecule is CC1(C)C(C=CC#N)C1C(=O)OCc1cc(F)c(F)c(F)c1F. The smallest absolute Gasteiger partial charge is 0.310 e. The fourth-order valence-corrected chi connectivity index (χ4v) is 2.60. The highest BCUT2D eigenvalue weighted by molar-refractivity contribution is 5.78. The Kier molecular flexibility index (Phi) is 4.46. The van der Waals surface area contributed by atoms with Crippen LogP contribution in [-0.4, -0.2) is 5.97 Å². The van der Waals surface area contributed by atoms with Crippen molar-refractivity contribution >= 4 is 5.97 Å². The predicted molar refractivity (Wildman–Crippen MR) is 71.6 cm³/mol. The molecule has 3 nitrogen and oxygen atoms in total. The monoisotopic (exact) mass is 327 g/mol. The minimum absolute atomic E-state index is 0.207. The van der Waals surface area contributed by atoms with Crippen LogP contribution in [0.5, 0.6) is 0 Å². The van der Waals surface area contributed by atoms with E-state index in [1.165, 1.54) is 6.08 Å². The second-order valence-corrected chi connectivity index (χ2v) is 5.88. The van der Waals surface area contributed by atoms with E-state index in [4.69, 9.17) is 10.00 Å². The topological polar surface area (TPSA) is 50.1 Å². The number of ether oxygens (including phenoxy) is 1. The van der Waals surface area contributed by atoms with Crippen molar-refractivity contribution in [3.63, 3.8) is 0 Å². The molecule has 2 unspecified atom stereocenters. The summed E-state index contributed by atoms with van der Waals surface area (Å²) in [6.45, 7) is 2.88. The molecule has 0 saturated heterocycles. The number of halogens is 4. The molecule has 1 aliphatic rings. The molecule has 7 heteroatoms. The number of carbonyl (C=O) groups is 1. The Labute approximate surface area is 130 Å². The van der Waals surface area contributed by atoms with Crippen molar-refractivity contribution < 1.29 is 27.1 Å². The average molecular weight is 327 g/mol. The molecule has 1 aromatic rings. The van der Waals surface area contributed by atoms with Gasteiger partial charge in [0.25, 0.3) is 0 Å². The van der Waals surface area contributed by atoms with Crippen LogP contribution in [0.2, 0.25) is 0 Å². The van der Waals surface area contributed by atoms with Gasteiger partial charge in [0.15, 0.2) is 23.3 Å². The molecule has 1 fully saturated rings. The summed E-state index contributed by atoms with van der Waals surface area (Å²) in [7, 11) is 0. The number of hydrogen-bond donors (Lipinski definition) is 0. The third-order valence-electron chi connectivity index (χ3n) is 4.09. The Morgan fingerprint density at radius 1 is 1.30 bits per heavy atom. The lowest BCUT2D eigenvalue weighted by Gasteiger charge is -2.08. The van der Waals surface area contributed by atoms with Gasteiger partial charge in [-0.25, -0.2) is 17.6 Å². The number of nitrogens with zero attached hydrogens (tertiary/aromatic N) is 1. The molecule has 0 amide bonds. The minimum Gasteiger partial charge on any atom is -0.460 e. The van der Waals surface area contributed by atoms with E-state index in [0.717, 1.165) is 0 Å². The van der Waals surface area contributed by atoms with E-state index in [1.807, 2.05) is 6.07 Å². The molecule has 1 aromatic carbocycles. The largest absolute Gasteiger partial charge is 0.460 e. The van der Waals surface area contributed by atoms with Crippen molar-refractivity contribution in [2.45, 2.75) is 20.5 Å². The van der Waals surface area contributed by atoms with Crippen LogP contribution in [0, 0.1) is 51.9 Å². The number of esters is 1. The molecule has 0 aliphatic heterocycles. The Morgan fingerprint density at radius 2 is 1.96 bits per heavy atom. The van der Waals surface area contributed by atoms with E-state index in [1.54, 1.807) is 19.9 Å². The van der Waals surface area contributed by atoms with Gasteiger partial charge in [0.1, 0.15) is 6.61 Å². The van der Waals surface area contributed by atoms with Crippen LogP contribution in [0.15, 0.2) is 18.2 Å². The van der Waals surface area contributed by atoms with Crippen molar-refractivity contribution in [2.75, 3.05) is 0 Å². The Hall–Kier alpha value is -2.36. The Bertz CT molecular complexity index is 722. The highest BCUT2D eigenvalue weighted by Gasteiger charge is 2.61. The molecule has 2 atom stereocenters. The quantitative estimate of drug-likeness (QED) is 0.279. The first-order valence-corrected chi connectivity index (χ1v) is 6.76. The van der Waals surface area contributed by atoms with E-state index >= 15 is 0 Å². The third kappa shape index (κ3) is 3.07. The maximum Gasteiger partial charge on any atom is 0.310 e. The number of rotatable bonds is 4. The molecule has 0 N–H and O–H groups in total. The molecule has 23 heavy (non-hydrogen) atoms. The molecule has 0 aromatic heterocycles. The number of nitriles is 1. The van der Waals surface area contributed by atoms with Gasteiger partial charge in [-0.05, 0) is 17.4 Å². The van der Waals surface area contributed by atoms with E-state index < -0.39 is 52.7 Å². The first kappa shape index (κ1) is 17.0. The summed E-state index contributed by atoms with van der Waals surface area (Å²) in [5.74, 6) is -8.43. The number of hydrogen-bond acceptors (Lipinski definition) is 3. The summed E-state index contributed by atoms with van der Waals surface area (Å²) in [5, 5.41) is 8.50. The van der Waals surface area contributed by atoms with Gasteiger partial charge in [-0.1, -0.05) is 19.9 Å². The molecule has 0 heterocycles. The molecule has 122 valence electrons. The van der Waals surface area contributed by atoms with Gasteiger partial charge in [0.2, 0.25) is 0 Å². The normalized spacial score (nSPS) is 22.0. The van der Waals surface area contributed by atoms with Gasteiger partial charge in [-0.3, -0.25) is 4.79 Å². The first-order valence-electron chi connectivity index (χ1n) is 6.76. The van der Waals surface area contributed by atoms with Gasteiger partial charge >= 0.3 is 5.97 Å². The molecular weight excluding hydrogens is 314 g/mol. The third-order valence-corrected chi connectivity index (χ3v) is 4.09. The van der Waals surface area contributed by atoms with Crippen LogP contribution in [0.25, 0.3) is 0 Å². The summed E-state index contributed by atoms with van der Waals surface area (Å²) in [5.41, 5.74) is -1.01. The second-order valence-electron chi connectivity index (χ2n) is 5.88. The highest BCUT2D eigenvalue weighted by atomic mass is 19.2. The van der Waals surface area contributed by atoms with Crippen molar-refractivity contribution in [3.8, 4) is 6.07 Å². The molecule has 1 aliphatic carbocycles. The van der Waals surface area contributed by atoms with Crippen LogP contribution >= 0.6 is 0 Å². The fraction of sp³-hybridized carbons (Fsp3) is 0.375. The van der Waals surface area contributed by atoms with Gasteiger partial charge in [-0.2, -0.15) is 5.26 Å². The molecular formula is C16H13F4NO2. The second kappa shape index (κ2) is 6.03. The molecule has 0 spiro atoms. The zero-order chi connectivity index (χ0) is 17.4. The number of benzene rings is 1. The summed E-state index contributed by atoms with van der Waals surface area (Å²) in [6, 6.07) is 2.27. The molecule has 0 radical (unpaired) electrons. The van der Waals surface area contributed by atoms with Crippen molar-refractivity contribution in [3.05, 3.63) is 47.1 Å². The van der Waals surface area contributed by atoms with Crippen LogP contribution in [0.1, 0.15) is 19.4 Å². The molecule has 1 saturated carbocycles. The van der Waals surface area contributed by atoms with E-state index in [9.17, 15) is 22.4 Å². The standard InChI is InChI=1S/C16H13F4NO2/c1-16(2)9(4-3-5-21)11(16)15(22)23-7-8-6-10(17)13(19)14(20)12(8)18/h3-4,6,9,11H,7H2,1-2H3. The number of allylic oxidation sites excluding steroid dienone is 2. The predicted octanol–water partition coefficient (Wildman–Crippen LogP) is 3.64. The van der Waals surface area contributed by atoms with Crippen LogP contribution in [0.3, 0.4) is 0 Å². The van der Waals surface area contributed by atoms with E-state index in [2.05, 4.69) is 0 Å². The van der Waals surface area contributed by atoms with Crippen molar-refractivity contribution in [1.29, 1.82) is 5.26 Å². The average Bonchev–Trinajstić information content (AvgIpc) is 3.06. The lowest BCUT2D eigenvalue weighted by atomic mass is 10.1. The van der Waals surface area contributed by atoms with Gasteiger partial charge in [0, 0.05) is 11.6 Å². The summed E-state index contributed by atoms with van der Waals surface area (Å²) in [6.07, 6.45) is 2.83. The zero-order valence-electron chi connectivity index (χ0n) is 12.4.